The van der Waals surface area contributed by atoms with E-state index in [0.717, 1.165) is 11.5 Å². The quantitative estimate of drug-likeness (QED) is 0.765. The van der Waals surface area contributed by atoms with E-state index >= 15 is 0 Å². The highest BCUT2D eigenvalue weighted by Crippen LogP contribution is 1.98. The third-order valence-electron chi connectivity index (χ3n) is 1.87. The number of hydrogen-bond donors (Lipinski definition) is 2. The smallest absolute Gasteiger partial charge is 0.272 e. The Morgan fingerprint density at radius 3 is 3.12 bits per heavy atom. The van der Waals surface area contributed by atoms with Gasteiger partial charge in [-0.1, -0.05) is 4.49 Å². The third kappa shape index (κ3) is 2.54. The van der Waals surface area contributed by atoms with Crippen molar-refractivity contribution >= 4 is 23.1 Å². The SMILES string of the molecule is Nc1cnn(CCNC(=O)c2csnn2)c1. The Balaban J connectivity index is 1.78. The monoisotopic (exact) mass is 238 g/mol. The second-order valence-corrected chi connectivity index (χ2v) is 3.69. The molecule has 2 rings (SSSR count). The van der Waals surface area contributed by atoms with Gasteiger partial charge in [0.05, 0.1) is 18.4 Å². The van der Waals surface area contributed by atoms with Crippen LogP contribution in [0.25, 0.3) is 0 Å². The first-order chi connectivity index (χ1) is 7.75. The normalized spacial score (nSPS) is 10.2. The molecule has 84 valence electrons. The summed E-state index contributed by atoms with van der Waals surface area (Å²) in [5.41, 5.74) is 6.44. The van der Waals surface area contributed by atoms with E-state index in [1.165, 1.54) is 0 Å². The number of nitrogens with two attached hydrogens (primary N) is 1. The zero-order valence-corrected chi connectivity index (χ0v) is 9.15. The second kappa shape index (κ2) is 4.71. The van der Waals surface area contributed by atoms with E-state index in [2.05, 4.69) is 20.0 Å². The van der Waals surface area contributed by atoms with Crippen LogP contribution in [0.15, 0.2) is 17.8 Å². The van der Waals surface area contributed by atoms with Crippen LogP contribution in [0.3, 0.4) is 0 Å². The molecule has 0 saturated carbocycles. The minimum atomic E-state index is -0.228. The average Bonchev–Trinajstić information content (AvgIpc) is 2.89. The molecule has 0 spiro atoms. The van der Waals surface area contributed by atoms with Crippen LogP contribution in [-0.4, -0.2) is 31.8 Å². The third-order valence-corrected chi connectivity index (χ3v) is 2.38. The van der Waals surface area contributed by atoms with Crippen LogP contribution in [-0.2, 0) is 6.54 Å². The van der Waals surface area contributed by atoms with E-state index < -0.39 is 0 Å². The Morgan fingerprint density at radius 2 is 2.50 bits per heavy atom. The number of nitrogens with one attached hydrogen (secondary N) is 1. The number of hydrogen-bond acceptors (Lipinski definition) is 6. The van der Waals surface area contributed by atoms with Crippen LogP contribution >= 0.6 is 11.5 Å². The summed E-state index contributed by atoms with van der Waals surface area (Å²) in [4.78, 5) is 11.4. The van der Waals surface area contributed by atoms with Gasteiger partial charge in [-0.3, -0.25) is 9.48 Å². The lowest BCUT2D eigenvalue weighted by Gasteiger charge is -2.02. The number of amides is 1. The number of aromatic nitrogens is 4. The minimum absolute atomic E-state index is 0.228. The predicted octanol–water partition coefficient (Wildman–Crippen LogP) is -0.253. The molecule has 2 heterocycles. The highest BCUT2D eigenvalue weighted by Gasteiger charge is 2.07. The fraction of sp³-hybridized carbons (Fsp3) is 0.250. The Bertz CT molecular complexity index is 465. The maximum Gasteiger partial charge on any atom is 0.272 e. The van der Waals surface area contributed by atoms with Gasteiger partial charge in [0, 0.05) is 18.1 Å². The van der Waals surface area contributed by atoms with E-state index in [9.17, 15) is 4.79 Å². The van der Waals surface area contributed by atoms with Crippen LogP contribution in [0.2, 0.25) is 0 Å². The van der Waals surface area contributed by atoms with Gasteiger partial charge in [-0.15, -0.1) is 5.10 Å². The summed E-state index contributed by atoms with van der Waals surface area (Å²) < 4.78 is 5.27. The van der Waals surface area contributed by atoms with Crippen molar-refractivity contribution in [1.82, 2.24) is 24.7 Å². The first kappa shape index (κ1) is 10.6. The summed E-state index contributed by atoms with van der Waals surface area (Å²) in [6, 6.07) is 0. The molecule has 7 nitrogen and oxygen atoms in total. The lowest BCUT2D eigenvalue weighted by atomic mass is 10.4. The van der Waals surface area contributed by atoms with Gasteiger partial charge in [0.1, 0.15) is 0 Å². The predicted molar refractivity (Wildman–Crippen MR) is 58.9 cm³/mol. The van der Waals surface area contributed by atoms with E-state index in [1.807, 2.05) is 0 Å². The van der Waals surface area contributed by atoms with Crippen LogP contribution in [0, 0.1) is 0 Å². The number of carbonyl (C=O) groups is 1. The van der Waals surface area contributed by atoms with E-state index in [1.54, 1.807) is 22.5 Å². The molecule has 0 radical (unpaired) electrons. The second-order valence-electron chi connectivity index (χ2n) is 3.08. The van der Waals surface area contributed by atoms with Crippen LogP contribution in [0.4, 0.5) is 5.69 Å². The van der Waals surface area contributed by atoms with E-state index in [0.29, 0.717) is 24.5 Å². The fourth-order valence-corrected chi connectivity index (χ4v) is 1.58. The summed E-state index contributed by atoms with van der Waals surface area (Å²) in [5, 5.41) is 12.0. The lowest BCUT2D eigenvalue weighted by molar-refractivity contribution is 0.0947. The van der Waals surface area contributed by atoms with Gasteiger partial charge >= 0.3 is 0 Å². The van der Waals surface area contributed by atoms with Gasteiger partial charge in [0.2, 0.25) is 0 Å². The molecule has 0 bridgehead atoms. The summed E-state index contributed by atoms with van der Waals surface area (Å²) in [7, 11) is 0. The molecule has 0 unspecified atom stereocenters. The van der Waals surface area contributed by atoms with Gasteiger partial charge in [-0.2, -0.15) is 5.10 Å². The number of nitrogen functional groups attached to an aromatic ring is 1. The molecule has 0 aromatic carbocycles. The molecule has 0 fully saturated rings. The number of carbonyl (C=O) groups excluding carboxylic acids is 1. The highest BCUT2D eigenvalue weighted by molar-refractivity contribution is 7.03. The molecule has 2 aromatic rings. The van der Waals surface area contributed by atoms with Gasteiger partial charge in [-0.25, -0.2) is 0 Å². The molecular formula is C8H10N6OS. The molecule has 3 N–H and O–H groups in total. The molecule has 8 heteroatoms. The summed E-state index contributed by atoms with van der Waals surface area (Å²) in [6.07, 6.45) is 3.27. The van der Waals surface area contributed by atoms with Crippen molar-refractivity contribution in [2.45, 2.75) is 6.54 Å². The van der Waals surface area contributed by atoms with Crippen molar-refractivity contribution in [2.75, 3.05) is 12.3 Å². The topological polar surface area (TPSA) is 98.7 Å². The first-order valence-electron chi connectivity index (χ1n) is 4.59. The molecule has 16 heavy (non-hydrogen) atoms. The van der Waals surface area contributed by atoms with Crippen molar-refractivity contribution in [3.8, 4) is 0 Å². The first-order valence-corrected chi connectivity index (χ1v) is 5.42. The molecule has 0 saturated heterocycles. The molecule has 2 aromatic heterocycles. The summed E-state index contributed by atoms with van der Waals surface area (Å²) >= 11 is 1.15. The van der Waals surface area contributed by atoms with Gasteiger partial charge in [0.15, 0.2) is 5.69 Å². The zero-order chi connectivity index (χ0) is 11.4. The van der Waals surface area contributed by atoms with Gasteiger partial charge in [-0.05, 0) is 11.5 Å². The minimum Gasteiger partial charge on any atom is -0.396 e. The number of nitrogens with zero attached hydrogens (tertiary/aromatic N) is 4. The molecule has 0 aliphatic rings. The molecular weight excluding hydrogens is 228 g/mol. The highest BCUT2D eigenvalue weighted by atomic mass is 32.1. The Kier molecular flexibility index (Phi) is 3.10. The van der Waals surface area contributed by atoms with Crippen molar-refractivity contribution in [2.24, 2.45) is 0 Å². The van der Waals surface area contributed by atoms with Crippen molar-refractivity contribution in [1.29, 1.82) is 0 Å². The number of anilines is 1. The lowest BCUT2D eigenvalue weighted by Crippen LogP contribution is -2.27. The zero-order valence-electron chi connectivity index (χ0n) is 8.33. The number of rotatable bonds is 4. The molecule has 0 aliphatic heterocycles. The summed E-state index contributed by atoms with van der Waals surface area (Å²) in [5.74, 6) is -0.228. The summed E-state index contributed by atoms with van der Waals surface area (Å²) in [6.45, 7) is 1.04. The van der Waals surface area contributed by atoms with Gasteiger partial charge < -0.3 is 11.1 Å². The molecule has 0 aliphatic carbocycles. The largest absolute Gasteiger partial charge is 0.396 e. The molecule has 1 amide bonds. The maximum absolute atomic E-state index is 11.4. The molecule has 0 atom stereocenters. The standard InChI is InChI=1S/C8H10N6OS/c9-6-3-11-14(4-6)2-1-10-8(15)7-5-16-13-12-7/h3-5H,1-2,9H2,(H,10,15). The maximum atomic E-state index is 11.4. The van der Waals surface area contributed by atoms with Crippen molar-refractivity contribution in [3.05, 3.63) is 23.5 Å². The van der Waals surface area contributed by atoms with Crippen molar-refractivity contribution < 1.29 is 4.79 Å². The average molecular weight is 238 g/mol. The Morgan fingerprint density at radius 1 is 1.62 bits per heavy atom. The van der Waals surface area contributed by atoms with E-state index in [-0.39, 0.29) is 5.91 Å². The Labute approximate surface area is 95.4 Å². The van der Waals surface area contributed by atoms with E-state index in [4.69, 9.17) is 5.73 Å². The Hall–Kier alpha value is -1.96. The van der Waals surface area contributed by atoms with Gasteiger partial charge in [0.25, 0.3) is 5.91 Å². The van der Waals surface area contributed by atoms with Crippen LogP contribution < -0.4 is 11.1 Å². The fourth-order valence-electron chi connectivity index (χ4n) is 1.14. The van der Waals surface area contributed by atoms with Crippen LogP contribution in [0.5, 0.6) is 0 Å². The van der Waals surface area contributed by atoms with Crippen molar-refractivity contribution in [3.63, 3.8) is 0 Å². The van der Waals surface area contributed by atoms with Crippen LogP contribution in [0.1, 0.15) is 10.5 Å².